The molecule has 0 unspecified atom stereocenters. The number of nitrogens with two attached hydrogens (primary N) is 1. The van der Waals surface area contributed by atoms with Gasteiger partial charge in [0.25, 0.3) is 0 Å². The van der Waals surface area contributed by atoms with E-state index in [1.165, 1.54) is 37.0 Å². The first-order chi connectivity index (χ1) is 8.79. The van der Waals surface area contributed by atoms with Gasteiger partial charge in [0.15, 0.2) is 0 Å². The molecule has 0 bridgehead atoms. The summed E-state index contributed by atoms with van der Waals surface area (Å²) in [5, 5.41) is 0. The Morgan fingerprint density at radius 1 is 1.33 bits per heavy atom. The molecule has 4 heteroatoms. The number of aryl methyl sites for hydroxylation is 1. The van der Waals surface area contributed by atoms with Crippen molar-refractivity contribution >= 4 is 11.0 Å². The lowest BCUT2D eigenvalue weighted by atomic mass is 9.81. The topological polar surface area (TPSA) is 56.7 Å². The minimum Gasteiger partial charge on any atom is -0.331 e. The molecule has 0 aromatic carbocycles. The second kappa shape index (κ2) is 4.69. The van der Waals surface area contributed by atoms with Gasteiger partial charge in [0.1, 0.15) is 11.3 Å². The van der Waals surface area contributed by atoms with E-state index in [-0.39, 0.29) is 0 Å². The van der Waals surface area contributed by atoms with Gasteiger partial charge in [-0.25, -0.2) is 4.98 Å². The van der Waals surface area contributed by atoms with Crippen molar-refractivity contribution in [3.05, 3.63) is 24.3 Å². The number of rotatable bonds is 2. The van der Waals surface area contributed by atoms with Gasteiger partial charge in [-0.1, -0.05) is 0 Å². The Morgan fingerprint density at radius 3 is 2.78 bits per heavy atom. The fraction of sp³-hybridized carbons (Fsp3) is 0.571. The summed E-state index contributed by atoms with van der Waals surface area (Å²) < 4.78 is 2.23. The van der Waals surface area contributed by atoms with E-state index in [9.17, 15) is 0 Å². The number of fused-ring (bicyclic) bond motifs is 1. The van der Waals surface area contributed by atoms with Crippen molar-refractivity contribution in [2.75, 3.05) is 6.54 Å². The Hall–Kier alpha value is -1.42. The van der Waals surface area contributed by atoms with Crippen molar-refractivity contribution in [1.82, 2.24) is 14.5 Å². The molecule has 4 nitrogen and oxygen atoms in total. The maximum Gasteiger partial charge on any atom is 0.112 e. The first-order valence-electron chi connectivity index (χ1n) is 6.76. The summed E-state index contributed by atoms with van der Waals surface area (Å²) in [5.41, 5.74) is 7.94. The smallest absolute Gasteiger partial charge is 0.112 e. The van der Waals surface area contributed by atoms with Crippen molar-refractivity contribution in [2.45, 2.75) is 31.6 Å². The van der Waals surface area contributed by atoms with Gasteiger partial charge < -0.3 is 10.3 Å². The first-order valence-corrected chi connectivity index (χ1v) is 6.76. The predicted octanol–water partition coefficient (Wildman–Crippen LogP) is 2.20. The van der Waals surface area contributed by atoms with Crippen LogP contribution in [0.15, 0.2) is 18.5 Å². The third kappa shape index (κ3) is 1.90. The summed E-state index contributed by atoms with van der Waals surface area (Å²) >= 11 is 0. The van der Waals surface area contributed by atoms with Crippen LogP contribution in [0.25, 0.3) is 11.0 Å². The third-order valence-electron chi connectivity index (χ3n) is 4.26. The molecule has 1 aliphatic carbocycles. The van der Waals surface area contributed by atoms with Gasteiger partial charge in [-0.05, 0) is 44.2 Å². The van der Waals surface area contributed by atoms with Crippen molar-refractivity contribution in [2.24, 2.45) is 18.7 Å². The maximum atomic E-state index is 5.75. The second-order valence-electron chi connectivity index (χ2n) is 5.35. The highest BCUT2D eigenvalue weighted by molar-refractivity contribution is 5.74. The molecule has 2 aromatic heterocycles. The van der Waals surface area contributed by atoms with Crippen molar-refractivity contribution < 1.29 is 0 Å². The molecule has 0 amide bonds. The predicted molar refractivity (Wildman–Crippen MR) is 72.3 cm³/mol. The highest BCUT2D eigenvalue weighted by atomic mass is 15.1. The van der Waals surface area contributed by atoms with Gasteiger partial charge in [-0.2, -0.15) is 0 Å². The second-order valence-corrected chi connectivity index (χ2v) is 5.35. The summed E-state index contributed by atoms with van der Waals surface area (Å²) in [6, 6.07) is 2.04. The molecule has 0 spiro atoms. The van der Waals surface area contributed by atoms with Crippen LogP contribution >= 0.6 is 0 Å². The molecule has 0 atom stereocenters. The van der Waals surface area contributed by atoms with Gasteiger partial charge in [-0.15, -0.1) is 0 Å². The fourth-order valence-corrected chi connectivity index (χ4v) is 3.09. The van der Waals surface area contributed by atoms with E-state index < -0.39 is 0 Å². The van der Waals surface area contributed by atoms with Crippen LogP contribution in [0.3, 0.4) is 0 Å². The third-order valence-corrected chi connectivity index (χ3v) is 4.26. The van der Waals surface area contributed by atoms with Crippen LogP contribution in [0, 0.1) is 5.92 Å². The zero-order valence-corrected chi connectivity index (χ0v) is 10.8. The van der Waals surface area contributed by atoms with Crippen LogP contribution in [0.5, 0.6) is 0 Å². The summed E-state index contributed by atoms with van der Waals surface area (Å²) in [6.07, 6.45) is 8.59. The van der Waals surface area contributed by atoms with Crippen molar-refractivity contribution in [3.8, 4) is 0 Å². The largest absolute Gasteiger partial charge is 0.331 e. The van der Waals surface area contributed by atoms with E-state index in [2.05, 4.69) is 16.6 Å². The SMILES string of the molecule is Cn1c(C2CCC(CN)CC2)nc2cnccc21. The van der Waals surface area contributed by atoms with Crippen LogP contribution in [0.2, 0.25) is 0 Å². The molecule has 0 aliphatic heterocycles. The lowest BCUT2D eigenvalue weighted by Crippen LogP contribution is -2.21. The fourth-order valence-electron chi connectivity index (χ4n) is 3.09. The van der Waals surface area contributed by atoms with Crippen molar-refractivity contribution in [3.63, 3.8) is 0 Å². The van der Waals surface area contributed by atoms with Gasteiger partial charge in [0.2, 0.25) is 0 Å². The van der Waals surface area contributed by atoms with Crippen molar-refractivity contribution in [1.29, 1.82) is 0 Å². The zero-order valence-electron chi connectivity index (χ0n) is 10.8. The van der Waals surface area contributed by atoms with Gasteiger partial charge in [0, 0.05) is 19.2 Å². The van der Waals surface area contributed by atoms with Gasteiger partial charge in [-0.3, -0.25) is 4.98 Å². The molecule has 0 radical (unpaired) electrons. The Labute approximate surface area is 107 Å². The van der Waals surface area contributed by atoms with E-state index in [0.29, 0.717) is 5.92 Å². The molecule has 2 heterocycles. The van der Waals surface area contributed by atoms with Gasteiger partial charge >= 0.3 is 0 Å². The average Bonchev–Trinajstić information content (AvgIpc) is 2.77. The monoisotopic (exact) mass is 244 g/mol. The Kier molecular flexibility index (Phi) is 3.04. The maximum absolute atomic E-state index is 5.75. The highest BCUT2D eigenvalue weighted by Crippen LogP contribution is 2.35. The number of hydrogen-bond acceptors (Lipinski definition) is 3. The average molecular weight is 244 g/mol. The lowest BCUT2D eigenvalue weighted by molar-refractivity contribution is 0.323. The standard InChI is InChI=1S/C14H20N4/c1-18-13-6-7-16-9-12(13)17-14(18)11-4-2-10(8-15)3-5-11/h6-7,9-11H,2-5,8,15H2,1H3. The number of pyridine rings is 1. The molecule has 1 saturated carbocycles. The number of aromatic nitrogens is 3. The molecular formula is C14H20N4. The molecule has 1 aliphatic rings. The molecule has 0 saturated heterocycles. The summed E-state index contributed by atoms with van der Waals surface area (Å²) in [4.78, 5) is 8.90. The lowest BCUT2D eigenvalue weighted by Gasteiger charge is -2.27. The molecule has 18 heavy (non-hydrogen) atoms. The van der Waals surface area contributed by atoms with E-state index in [0.717, 1.165) is 18.0 Å². The highest BCUT2D eigenvalue weighted by Gasteiger charge is 2.25. The summed E-state index contributed by atoms with van der Waals surface area (Å²) in [6.45, 7) is 0.833. The number of imidazole rings is 1. The first kappa shape index (κ1) is 11.7. The molecule has 96 valence electrons. The van der Waals surface area contributed by atoms with E-state index in [1.807, 2.05) is 18.5 Å². The summed E-state index contributed by atoms with van der Waals surface area (Å²) in [7, 11) is 2.11. The molecule has 1 fully saturated rings. The zero-order chi connectivity index (χ0) is 12.5. The van der Waals surface area contributed by atoms with Crippen LogP contribution < -0.4 is 5.73 Å². The van der Waals surface area contributed by atoms with E-state index >= 15 is 0 Å². The Bertz CT molecular complexity index is 538. The molecule has 2 N–H and O–H groups in total. The van der Waals surface area contributed by atoms with Crippen LogP contribution in [-0.2, 0) is 7.05 Å². The molecular weight excluding hydrogens is 224 g/mol. The minimum atomic E-state index is 0.588. The normalized spacial score (nSPS) is 24.6. The van der Waals surface area contributed by atoms with Crippen LogP contribution in [0.1, 0.15) is 37.4 Å². The number of hydrogen-bond donors (Lipinski definition) is 1. The van der Waals surface area contributed by atoms with E-state index in [1.54, 1.807) is 0 Å². The Balaban J connectivity index is 1.89. The minimum absolute atomic E-state index is 0.588. The van der Waals surface area contributed by atoms with Crippen LogP contribution in [0.4, 0.5) is 0 Å². The van der Waals surface area contributed by atoms with Gasteiger partial charge in [0.05, 0.1) is 11.7 Å². The quantitative estimate of drug-likeness (QED) is 0.881. The van der Waals surface area contributed by atoms with E-state index in [4.69, 9.17) is 10.7 Å². The summed E-state index contributed by atoms with van der Waals surface area (Å²) in [5.74, 6) is 2.52. The molecule has 2 aromatic rings. The van der Waals surface area contributed by atoms with Crippen LogP contribution in [-0.4, -0.2) is 21.1 Å². The molecule has 3 rings (SSSR count). The Morgan fingerprint density at radius 2 is 2.11 bits per heavy atom. The number of nitrogens with zero attached hydrogens (tertiary/aromatic N) is 3.